The molecule has 0 radical (unpaired) electrons. The molecular formula is C63H74N15O22P3S. The van der Waals surface area contributed by atoms with Gasteiger partial charge in [0.05, 0.1) is 44.1 Å². The van der Waals surface area contributed by atoms with Crippen LogP contribution in [-0.4, -0.2) is 179 Å². The van der Waals surface area contributed by atoms with Crippen LogP contribution in [0.4, 0.5) is 11.5 Å². The predicted molar refractivity (Wildman–Crippen MR) is 377 cm³/mol. The van der Waals surface area contributed by atoms with Crippen LogP contribution in [0.3, 0.4) is 0 Å². The van der Waals surface area contributed by atoms with Gasteiger partial charge in [0.1, 0.15) is 60.0 Å². The number of aromatic nitrogens is 2. The zero-order chi connectivity index (χ0) is 74.6. The Hall–Kier alpha value is -9.04. The Labute approximate surface area is 597 Å². The number of thioether (sulfide) groups is 1. The van der Waals surface area contributed by atoms with E-state index in [0.29, 0.717) is 45.1 Å². The maximum Gasteiger partial charge on any atom is 0.490 e. The molecule has 7 atom stereocenters. The van der Waals surface area contributed by atoms with Gasteiger partial charge in [-0.05, 0) is 91.5 Å². The molecule has 4 amide bonds. The fourth-order valence-corrected chi connectivity index (χ4v) is 15.5. The number of nitrogens with one attached hydrogen (secondary N) is 3. The van der Waals surface area contributed by atoms with E-state index in [1.165, 1.54) is 23.4 Å². The molecule has 104 heavy (non-hydrogen) atoms. The maximum absolute atomic E-state index is 14.6. The first-order valence-electron chi connectivity index (χ1n) is 32.3. The quantitative estimate of drug-likeness (QED) is 0.00441. The molecule has 4 aliphatic heterocycles. The summed E-state index contributed by atoms with van der Waals surface area (Å²) in [5.41, 5.74) is 28.3. The van der Waals surface area contributed by atoms with Crippen LogP contribution in [-0.2, 0) is 68.2 Å². The average molecular weight is 1520 g/mol. The number of fused-ring (bicyclic) bond motifs is 2. The van der Waals surface area contributed by atoms with Gasteiger partial charge in [-0.15, -0.1) is 11.8 Å². The van der Waals surface area contributed by atoms with Crippen molar-refractivity contribution in [1.82, 2.24) is 30.4 Å². The van der Waals surface area contributed by atoms with E-state index in [-0.39, 0.29) is 99.4 Å². The molecule has 4 aliphatic rings. The van der Waals surface area contributed by atoms with Crippen molar-refractivity contribution < 1.29 is 93.7 Å². The molecule has 37 nitrogen and oxygen atoms in total. The Bertz CT molecular complexity index is 4570. The van der Waals surface area contributed by atoms with Crippen LogP contribution in [0, 0.1) is 11.8 Å². The number of allylic oxidation sites excluding steroid dienone is 2. The lowest BCUT2D eigenvalue weighted by Gasteiger charge is -2.37. The highest BCUT2D eigenvalue weighted by molar-refractivity contribution is 8.14. The zero-order valence-corrected chi connectivity index (χ0v) is 59.5. The Balaban J connectivity index is 0.690. The van der Waals surface area contributed by atoms with E-state index in [1.807, 2.05) is 43.4 Å². The number of ether oxygens (including phenoxy) is 5. The summed E-state index contributed by atoms with van der Waals surface area (Å²) >= 11 is 1.44. The Morgan fingerprint density at radius 3 is 2.52 bits per heavy atom. The molecule has 41 heteroatoms. The highest BCUT2D eigenvalue weighted by Crippen LogP contribution is 2.66. The van der Waals surface area contributed by atoms with Crippen LogP contribution in [0.25, 0.3) is 43.0 Å². The molecule has 3 aromatic carbocycles. The summed E-state index contributed by atoms with van der Waals surface area (Å²) in [7, 11) is -15.5. The summed E-state index contributed by atoms with van der Waals surface area (Å²) < 4.78 is 82.4. The summed E-state index contributed by atoms with van der Waals surface area (Å²) in [6.45, 7) is 1.38. The average Bonchev–Trinajstić information content (AvgIpc) is 1.62. The number of aliphatic imine (C=N–C) groups is 1. The minimum Gasteiger partial charge on any atom is -0.491 e. The van der Waals surface area contributed by atoms with Crippen molar-refractivity contribution in [2.24, 2.45) is 15.2 Å². The highest BCUT2D eigenvalue weighted by atomic mass is 32.2. The Morgan fingerprint density at radius 1 is 0.942 bits per heavy atom. The lowest BCUT2D eigenvalue weighted by atomic mass is 9.86. The van der Waals surface area contributed by atoms with Gasteiger partial charge in [0.15, 0.2) is 6.23 Å². The molecule has 2 aromatic heterocycles. The van der Waals surface area contributed by atoms with Crippen LogP contribution in [0.5, 0.6) is 5.75 Å². The summed E-state index contributed by atoms with van der Waals surface area (Å²) in [5, 5.41) is 16.2. The number of azide groups is 2. The van der Waals surface area contributed by atoms with E-state index in [9.17, 15) is 57.8 Å². The van der Waals surface area contributed by atoms with E-state index < -0.39 is 91.2 Å². The lowest BCUT2D eigenvalue weighted by Crippen LogP contribution is -2.35. The molecule has 0 saturated carbocycles. The molecule has 5 aromatic rings. The van der Waals surface area contributed by atoms with Crippen molar-refractivity contribution >= 4 is 86.4 Å². The van der Waals surface area contributed by atoms with Crippen LogP contribution in [0.15, 0.2) is 114 Å². The second kappa shape index (κ2) is 37.1. The van der Waals surface area contributed by atoms with Gasteiger partial charge in [-0.25, -0.2) is 23.3 Å². The van der Waals surface area contributed by atoms with E-state index >= 15 is 0 Å². The Kier molecular flexibility index (Phi) is 28.2. The standard InChI is InChI=1S/C63H74N15O22P3S/c1-39-13-4-3-7-30-104-60(71-39)55-54(47-32-40-16-10-26-77-27-11-20-46(56(40)77)57(47)98-62(55)83)44-18-5-6-19-45(44)61(82)76(2)25-12-21-50(79)68-23-24-69-59(81)41-14-8-17-43(31-41)94-37-52(73-75-66)93-29-28-92-36-51(80)67-22-9-15-42-34-78(63(84)72-58(42)64)53-33-48(95-38-70-74-65)49(97-53)35-96-102(88,89)100-103(90,91)99-101(85,86)87/h3-8,13-14,17-19,31-32,34,39,48-49,52-53H,10-12,16,20-30,33,35-38H2,1-2H3,(H,67,80)(H,68,79)(H,69,81)(H,88,89)(H,90,91)(H2,64,72,84)(H2,85,86,87)/b7-3-,13-4-,71-60-. The molecule has 0 bridgehead atoms. The van der Waals surface area contributed by atoms with Gasteiger partial charge in [0, 0.05) is 108 Å². The Morgan fingerprint density at radius 2 is 1.73 bits per heavy atom. The number of phosphoric ester groups is 1. The largest absolute Gasteiger partial charge is 0.491 e. The van der Waals surface area contributed by atoms with E-state index in [0.717, 1.165) is 66.2 Å². The van der Waals surface area contributed by atoms with Crippen LogP contribution < -0.4 is 42.6 Å². The first kappa shape index (κ1) is 79.1. The van der Waals surface area contributed by atoms with E-state index in [1.54, 1.807) is 42.3 Å². The second-order valence-corrected chi connectivity index (χ2v) is 28.8. The van der Waals surface area contributed by atoms with Crippen molar-refractivity contribution in [2.75, 3.05) is 102 Å². The number of anilines is 2. The number of nitrogen functional groups attached to an aromatic ring is 1. The van der Waals surface area contributed by atoms with Crippen molar-refractivity contribution in [3.8, 4) is 28.7 Å². The van der Waals surface area contributed by atoms with Crippen LogP contribution in [0.1, 0.15) is 88.2 Å². The van der Waals surface area contributed by atoms with Gasteiger partial charge >= 0.3 is 34.8 Å². The fraction of sp³-hybridized carbons (Fsp3) is 0.429. The fourth-order valence-electron chi connectivity index (χ4n) is 11.5. The number of phosphoric acid groups is 3. The lowest BCUT2D eigenvalue weighted by molar-refractivity contribution is -0.126. The van der Waals surface area contributed by atoms with Gasteiger partial charge in [0.2, 0.25) is 11.8 Å². The van der Waals surface area contributed by atoms with E-state index in [4.69, 9.17) is 54.1 Å². The first-order chi connectivity index (χ1) is 49.8. The summed E-state index contributed by atoms with van der Waals surface area (Å²) in [4.78, 5) is 136. The number of hydrogen-bond donors (Lipinski definition) is 8. The maximum atomic E-state index is 14.6. The summed E-state index contributed by atoms with van der Waals surface area (Å²) in [6.07, 6.45) is 7.74. The van der Waals surface area contributed by atoms with Crippen molar-refractivity contribution in [3.05, 3.63) is 160 Å². The van der Waals surface area contributed by atoms with Crippen molar-refractivity contribution in [1.29, 1.82) is 0 Å². The number of benzene rings is 3. The number of nitrogens with zero attached hydrogens (tertiary/aromatic N) is 11. The van der Waals surface area contributed by atoms with Crippen LogP contribution >= 0.6 is 35.2 Å². The van der Waals surface area contributed by atoms with Gasteiger partial charge in [0.25, 0.3) is 11.8 Å². The highest BCUT2D eigenvalue weighted by Gasteiger charge is 2.44. The van der Waals surface area contributed by atoms with E-state index in [2.05, 4.69) is 76.9 Å². The monoisotopic (exact) mass is 1520 g/mol. The second-order valence-electron chi connectivity index (χ2n) is 23.4. The molecule has 0 aliphatic carbocycles. The number of hydrogen-bond acceptors (Lipinski definition) is 25. The number of aryl methyl sites for hydroxylation is 2. The molecule has 9 rings (SSSR count). The molecule has 7 unspecified atom stereocenters. The van der Waals surface area contributed by atoms with Gasteiger partial charge in [-0.1, -0.05) is 70.6 Å². The molecular weight excluding hydrogens is 1440 g/mol. The summed E-state index contributed by atoms with van der Waals surface area (Å²) in [5.74, 6) is 4.09. The van der Waals surface area contributed by atoms with Gasteiger partial charge in [-0.2, -0.15) is 13.6 Å². The molecule has 9 N–H and O–H groups in total. The minimum absolute atomic E-state index is 0.0282. The van der Waals surface area contributed by atoms with Crippen LogP contribution in [0.2, 0.25) is 0 Å². The third-order valence-corrected chi connectivity index (χ3v) is 20.8. The first-order valence-corrected chi connectivity index (χ1v) is 37.8. The molecule has 1 fully saturated rings. The number of carbonyl (C=O) groups excluding carboxylic acids is 4. The smallest absolute Gasteiger partial charge is 0.490 e. The SMILES string of the molecule is CC1/C=C\C=C/CS/C(c2c(-c3ccccc3C(=O)N(C)CCCC(=O)NCCNC(=O)c3cccc(OCC(N=[N+]=[N-])OCCOCC(=O)NCC#Cc4cn(C5CC(OCN=[N+]=[N-])C(COP(=O)(O)OP(=O)(O)OP(=O)(O)O)O5)c(=O)nc4N)c3)c3cc4c5c(c3oc2=O)CCCN5CCC4)=N\1. The third kappa shape index (κ3) is 22.3. The zero-order valence-electron chi connectivity index (χ0n) is 56.0. The topological polar surface area (TPSA) is 518 Å². The molecule has 1 saturated heterocycles. The normalized spacial score (nSPS) is 19.5. The predicted octanol–water partition coefficient (Wildman–Crippen LogP) is 6.19. The minimum atomic E-state index is -5.86. The third-order valence-electron chi connectivity index (χ3n) is 16.0. The molecule has 6 heterocycles. The number of rotatable bonds is 33. The van der Waals surface area contributed by atoms with Crippen molar-refractivity contribution in [2.45, 2.75) is 82.6 Å². The van der Waals surface area contributed by atoms with Crippen molar-refractivity contribution in [3.63, 3.8) is 0 Å². The van der Waals surface area contributed by atoms with Gasteiger partial charge < -0.3 is 79.2 Å². The molecule has 0 spiro atoms. The van der Waals surface area contributed by atoms with Gasteiger partial charge in [-0.3, -0.25) is 33.3 Å². The molecule has 554 valence electrons. The summed E-state index contributed by atoms with van der Waals surface area (Å²) in [6, 6.07) is 15.3. The number of amides is 4. The number of carbonyl (C=O) groups is 4. The number of nitrogens with two attached hydrogens (primary N) is 1.